The maximum absolute atomic E-state index is 11.8. The van der Waals surface area contributed by atoms with Gasteiger partial charge in [0.15, 0.2) is 0 Å². The minimum absolute atomic E-state index is 0.0985. The molecule has 2 aliphatic rings. The maximum atomic E-state index is 11.8. The number of hydrogen-bond donors (Lipinski definition) is 6. The van der Waals surface area contributed by atoms with Crippen LogP contribution in [0.15, 0.2) is 173 Å². The number of aromatic carboxylic acids is 4. The van der Waals surface area contributed by atoms with Gasteiger partial charge in [-0.3, -0.25) is 0 Å². The molecule has 0 bridgehead atoms. The number of nitrogens with one attached hydrogen (secondary N) is 1. The quantitative estimate of drug-likeness (QED) is 0.0506. The molecule has 0 spiro atoms. The molecule has 0 unspecified atom stereocenters. The third-order valence-electron chi connectivity index (χ3n) is 9.83. The van der Waals surface area contributed by atoms with E-state index in [1.54, 1.807) is 66.7 Å². The number of allylic oxidation sites excluding steroid dienone is 6. The van der Waals surface area contributed by atoms with E-state index in [0.29, 0.717) is 73.3 Å². The Hall–Kier alpha value is -7.89. The number of hydrogen-bond acceptors (Lipinski definition) is 7. The summed E-state index contributed by atoms with van der Waals surface area (Å²) in [4.78, 5) is 60.2. The fourth-order valence-electron chi connectivity index (χ4n) is 6.74. The number of benzene rings is 4. The second kappa shape index (κ2) is 16.9. The van der Waals surface area contributed by atoms with Crippen LogP contribution in [-0.2, 0) is 17.9 Å². The number of aromatic amines is 1. The molecule has 1 aromatic heterocycles. The zero-order valence-electron chi connectivity index (χ0n) is 31.6. The molecule has 0 saturated heterocycles. The Bertz CT molecular complexity index is 2870. The van der Waals surface area contributed by atoms with Crippen molar-refractivity contribution >= 4 is 56.1 Å². The van der Waals surface area contributed by atoms with E-state index < -0.39 is 23.9 Å². The Morgan fingerprint density at radius 2 is 0.833 bits per heavy atom. The van der Waals surface area contributed by atoms with Crippen molar-refractivity contribution < 1.29 is 57.5 Å². The standard InChI is InChI=1S/C47H32N4O8.Zn/c1-2-35(48)41(27-7-13-31(14-8-27)45(54)55)36-21-22-39(50-36)43(29-11-17-33(18-12-29)47(58)59)40-24-23-38(51-40)42(28-9-15-32(16-10-28)46(56)57)37-20-19-34(49-37)25-26-3-5-30(6-4-26)44(52)53;/h2-24,51H,1,48H2,(H,52,53)(H,54,55)(H,56,57)(H,58,59);/b41-35-,42-37-,43-39-;. The number of nitrogens with zero attached hydrogens (tertiary/aromatic N) is 2. The molecular formula is C47H32N4O8Zn. The molecule has 12 nitrogen and oxygen atoms in total. The molecular weight excluding hydrogens is 814 g/mol. The molecule has 60 heavy (non-hydrogen) atoms. The van der Waals surface area contributed by atoms with Gasteiger partial charge in [-0.1, -0.05) is 18.7 Å². The van der Waals surface area contributed by atoms with Crippen molar-refractivity contribution in [2.75, 3.05) is 0 Å². The van der Waals surface area contributed by atoms with E-state index in [1.165, 1.54) is 42.5 Å². The first-order valence-corrected chi connectivity index (χ1v) is 19.7. The summed E-state index contributed by atoms with van der Waals surface area (Å²) in [6.45, 7) is 3.84. The number of rotatable bonds is 13. The van der Waals surface area contributed by atoms with E-state index in [-0.39, 0.29) is 22.3 Å². The van der Waals surface area contributed by atoms with Crippen molar-refractivity contribution in [3.63, 3.8) is 0 Å². The molecule has 3 heterocycles. The van der Waals surface area contributed by atoms with Crippen molar-refractivity contribution in [3.05, 3.63) is 219 Å². The summed E-state index contributed by atoms with van der Waals surface area (Å²) in [6, 6.07) is 29.5. The van der Waals surface area contributed by atoms with Gasteiger partial charge in [-0.15, -0.1) is 0 Å². The van der Waals surface area contributed by atoms with Gasteiger partial charge in [-0.25, -0.2) is 9.59 Å². The van der Waals surface area contributed by atoms with E-state index >= 15 is 0 Å². The van der Waals surface area contributed by atoms with Gasteiger partial charge in [-0.2, -0.15) is 0 Å². The molecule has 4 aromatic carbocycles. The van der Waals surface area contributed by atoms with Gasteiger partial charge >= 0.3 is 263 Å². The van der Waals surface area contributed by atoms with Crippen LogP contribution in [0.25, 0.3) is 16.7 Å². The van der Waals surface area contributed by atoms with Crippen LogP contribution in [0, 0.1) is 0 Å². The van der Waals surface area contributed by atoms with Gasteiger partial charge in [0.05, 0.1) is 11.1 Å². The molecule has 2 aliphatic heterocycles. The van der Waals surface area contributed by atoms with Gasteiger partial charge in [0.25, 0.3) is 0 Å². The fourth-order valence-corrected chi connectivity index (χ4v) is 7.65. The minimum atomic E-state index is -1.08. The first-order valence-electron chi connectivity index (χ1n) is 18.2. The summed E-state index contributed by atoms with van der Waals surface area (Å²) in [5.74, 6) is -4.23. The van der Waals surface area contributed by atoms with Crippen molar-refractivity contribution in [2.24, 2.45) is 15.7 Å². The summed E-state index contributed by atoms with van der Waals surface area (Å²) in [6.07, 6.45) is 8.85. The molecule has 0 saturated carbocycles. The monoisotopic (exact) mass is 844 g/mol. The van der Waals surface area contributed by atoms with E-state index in [9.17, 15) is 39.6 Å². The minimum Gasteiger partial charge on any atom is -0.478 e. The molecule has 5 aromatic rings. The molecule has 7 N–H and O–H groups in total. The van der Waals surface area contributed by atoms with Crippen LogP contribution in [0.2, 0.25) is 0 Å². The number of aromatic nitrogens is 1. The predicted molar refractivity (Wildman–Crippen MR) is 225 cm³/mol. The Balaban J connectivity index is 1.37. The van der Waals surface area contributed by atoms with E-state index in [1.807, 2.05) is 30.4 Å². The number of carbonyl (C=O) groups is 4. The SMILES string of the molecule is C=C/C(N)=C(C1=N/C(=C(/c2ccc(C(=O)O)cc2)c2ccc(/C(=C3/C=CC([C](=[Zn])c4ccc(C(=O)O)cc4)=N3)c3ccc(C(=O)O)cc3)[nH]2)C=C1)\c1ccc(C(=O)O)cc1. The number of carboxylic acids is 4. The number of nitrogens with two attached hydrogens (primary N) is 1. The van der Waals surface area contributed by atoms with Gasteiger partial charge < -0.3 is 15.9 Å². The molecule has 0 aliphatic carbocycles. The topological polar surface area (TPSA) is 216 Å². The van der Waals surface area contributed by atoms with Crippen molar-refractivity contribution in [2.45, 2.75) is 0 Å². The average Bonchev–Trinajstić information content (AvgIpc) is 4.05. The van der Waals surface area contributed by atoms with Gasteiger partial charge in [0, 0.05) is 11.3 Å². The second-order valence-corrected chi connectivity index (χ2v) is 15.0. The van der Waals surface area contributed by atoms with Crippen LogP contribution in [0.5, 0.6) is 0 Å². The van der Waals surface area contributed by atoms with E-state index in [2.05, 4.69) is 11.6 Å². The number of aliphatic imine (C=N–C) groups is 2. The number of carboxylic acid groups (broad SMARTS) is 4. The zero-order valence-corrected chi connectivity index (χ0v) is 34.6. The fraction of sp³-hybridized carbons (Fsp3) is 0. The van der Waals surface area contributed by atoms with Crippen LogP contribution in [0.3, 0.4) is 0 Å². The van der Waals surface area contributed by atoms with Gasteiger partial charge in [0.1, 0.15) is 0 Å². The Morgan fingerprint density at radius 1 is 0.500 bits per heavy atom. The molecule has 290 valence electrons. The van der Waals surface area contributed by atoms with Crippen LogP contribution in [-0.4, -0.2) is 64.8 Å². The Labute approximate surface area is 352 Å². The zero-order chi connectivity index (χ0) is 42.7. The van der Waals surface area contributed by atoms with E-state index in [4.69, 9.17) is 15.7 Å². The first-order chi connectivity index (χ1) is 28.8. The predicted octanol–water partition coefficient (Wildman–Crippen LogP) is 7.67. The van der Waals surface area contributed by atoms with Crippen molar-refractivity contribution in [1.82, 2.24) is 4.98 Å². The summed E-state index contributed by atoms with van der Waals surface area (Å²) in [5.41, 5.74) is 15.5. The van der Waals surface area contributed by atoms with Crippen LogP contribution >= 0.6 is 0 Å². The number of H-pyrrole nitrogens is 1. The summed E-state index contributed by atoms with van der Waals surface area (Å²) < 4.78 is 0.938. The first kappa shape index (κ1) is 40.3. The second-order valence-electron chi connectivity index (χ2n) is 13.5. The molecule has 0 radical (unpaired) electrons. The van der Waals surface area contributed by atoms with Crippen LogP contribution in [0.1, 0.15) is 75.1 Å². The molecule has 0 fully saturated rings. The molecule has 0 atom stereocenters. The average molecular weight is 846 g/mol. The van der Waals surface area contributed by atoms with Crippen LogP contribution in [0.4, 0.5) is 0 Å². The van der Waals surface area contributed by atoms with Crippen LogP contribution < -0.4 is 5.73 Å². The summed E-state index contributed by atoms with van der Waals surface area (Å²) in [7, 11) is 0. The van der Waals surface area contributed by atoms with Crippen molar-refractivity contribution in [3.8, 4) is 0 Å². The third-order valence-corrected chi connectivity index (χ3v) is 11.4. The smallest absolute Gasteiger partial charge is 0.478 e. The molecule has 0 amide bonds. The van der Waals surface area contributed by atoms with Gasteiger partial charge in [-0.05, 0) is 23.8 Å². The normalized spacial score (nSPS) is 15.2. The van der Waals surface area contributed by atoms with Gasteiger partial charge in [0.2, 0.25) is 0 Å². The Kier molecular flexibility index (Phi) is 11.4. The summed E-state index contributed by atoms with van der Waals surface area (Å²) >= 11 is 0.731. The third kappa shape index (κ3) is 8.24. The summed E-state index contributed by atoms with van der Waals surface area (Å²) in [5, 5.41) is 38.1. The van der Waals surface area contributed by atoms with E-state index in [0.717, 1.165) is 27.5 Å². The molecule has 7 rings (SSSR count). The molecule has 13 heteroatoms. The van der Waals surface area contributed by atoms with Crippen molar-refractivity contribution in [1.29, 1.82) is 0 Å². The Morgan fingerprint density at radius 3 is 1.22 bits per heavy atom.